The van der Waals surface area contributed by atoms with Gasteiger partial charge in [0.25, 0.3) is 0 Å². The molecule has 0 bridgehead atoms. The second-order valence-corrected chi connectivity index (χ2v) is 18.4. The Morgan fingerprint density at radius 2 is 0.579 bits per heavy atom. The number of hydrogen-bond donors (Lipinski definition) is 0. The molecule has 0 saturated carbocycles. The van der Waals surface area contributed by atoms with Gasteiger partial charge in [0.15, 0.2) is 6.10 Å². The van der Waals surface area contributed by atoms with Crippen molar-refractivity contribution in [3.05, 3.63) is 0 Å². The molecule has 0 heterocycles. The number of hydrogen-bond acceptors (Lipinski definition) is 6. The molecule has 1 atom stereocenters. The van der Waals surface area contributed by atoms with Crippen molar-refractivity contribution < 1.29 is 28.6 Å². The molecule has 57 heavy (non-hydrogen) atoms. The number of unbranched alkanes of at least 4 members (excludes halogenated alkanes) is 30. The third-order valence-electron chi connectivity index (χ3n) is 11.5. The highest BCUT2D eigenvalue weighted by Gasteiger charge is 2.19. The molecule has 0 spiro atoms. The van der Waals surface area contributed by atoms with Crippen LogP contribution in [0.25, 0.3) is 0 Å². The Morgan fingerprint density at radius 1 is 0.333 bits per heavy atom. The molecule has 338 valence electrons. The van der Waals surface area contributed by atoms with E-state index in [2.05, 4.69) is 34.6 Å². The highest BCUT2D eigenvalue weighted by Crippen LogP contribution is 2.17. The maximum absolute atomic E-state index is 12.8. The summed E-state index contributed by atoms with van der Waals surface area (Å²) in [4.78, 5) is 37.9. The van der Waals surface area contributed by atoms with Gasteiger partial charge in [-0.1, -0.05) is 240 Å². The van der Waals surface area contributed by atoms with Gasteiger partial charge in [-0.05, 0) is 31.1 Å². The van der Waals surface area contributed by atoms with Crippen molar-refractivity contribution in [2.45, 2.75) is 285 Å². The number of esters is 3. The minimum atomic E-state index is -0.761. The zero-order valence-corrected chi connectivity index (χ0v) is 39.0. The summed E-state index contributed by atoms with van der Waals surface area (Å²) in [6, 6.07) is 0. The van der Waals surface area contributed by atoms with Crippen LogP contribution in [-0.2, 0) is 28.6 Å². The molecule has 0 fully saturated rings. The van der Waals surface area contributed by atoms with Crippen molar-refractivity contribution in [2.24, 2.45) is 11.8 Å². The highest BCUT2D eigenvalue weighted by molar-refractivity contribution is 5.71. The van der Waals surface area contributed by atoms with Gasteiger partial charge in [0.05, 0.1) is 0 Å². The first-order chi connectivity index (χ1) is 27.7. The van der Waals surface area contributed by atoms with Crippen molar-refractivity contribution in [2.75, 3.05) is 13.2 Å². The zero-order valence-electron chi connectivity index (χ0n) is 39.0. The van der Waals surface area contributed by atoms with Gasteiger partial charge >= 0.3 is 17.9 Å². The Morgan fingerprint density at radius 3 is 0.860 bits per heavy atom. The summed E-state index contributed by atoms with van der Waals surface area (Å²) in [6.45, 7) is 11.3. The molecule has 6 nitrogen and oxygen atoms in total. The first-order valence-electron chi connectivity index (χ1n) is 25.2. The van der Waals surface area contributed by atoms with Crippen LogP contribution in [-0.4, -0.2) is 37.2 Å². The molecule has 0 aliphatic heterocycles. The molecule has 0 unspecified atom stereocenters. The molecule has 0 amide bonds. The van der Waals surface area contributed by atoms with Crippen LogP contribution in [0.2, 0.25) is 0 Å². The maximum Gasteiger partial charge on any atom is 0.306 e. The normalized spacial score (nSPS) is 12.1. The smallest absolute Gasteiger partial charge is 0.306 e. The minimum absolute atomic E-state index is 0.0641. The molecule has 0 aliphatic carbocycles. The summed E-state index contributed by atoms with van der Waals surface area (Å²) in [5, 5.41) is 0. The van der Waals surface area contributed by atoms with Crippen LogP contribution in [0.3, 0.4) is 0 Å². The number of rotatable bonds is 45. The second kappa shape index (κ2) is 44.0. The number of ether oxygens (including phenoxy) is 3. The first-order valence-corrected chi connectivity index (χ1v) is 25.2. The van der Waals surface area contributed by atoms with E-state index in [-0.39, 0.29) is 31.1 Å². The van der Waals surface area contributed by atoms with Crippen LogP contribution in [0.4, 0.5) is 0 Å². The standard InChI is InChI=1S/C51H98O6/c1-6-7-8-9-10-11-12-13-18-21-28-33-38-43-51(54)57-48(45-56-50(53)42-37-32-27-23-22-25-30-35-40-47(4)5)44-55-49(52)41-36-31-26-20-17-15-14-16-19-24-29-34-39-46(2)3/h46-48H,6-45H2,1-5H3/t48-/m1/s1. The Balaban J connectivity index is 4.31. The Bertz CT molecular complexity index is 870. The van der Waals surface area contributed by atoms with Crippen LogP contribution in [0.1, 0.15) is 279 Å². The zero-order chi connectivity index (χ0) is 41.9. The van der Waals surface area contributed by atoms with Gasteiger partial charge in [-0.2, -0.15) is 0 Å². The van der Waals surface area contributed by atoms with E-state index >= 15 is 0 Å². The molecule has 0 saturated heterocycles. The van der Waals surface area contributed by atoms with Gasteiger partial charge in [0.2, 0.25) is 0 Å². The van der Waals surface area contributed by atoms with Crippen molar-refractivity contribution in [3.8, 4) is 0 Å². The molecule has 0 N–H and O–H groups in total. The van der Waals surface area contributed by atoms with Gasteiger partial charge in [0, 0.05) is 19.3 Å². The molecular formula is C51H98O6. The number of carbonyl (C=O) groups is 3. The van der Waals surface area contributed by atoms with E-state index in [1.807, 2.05) is 0 Å². The van der Waals surface area contributed by atoms with Crippen molar-refractivity contribution in [1.29, 1.82) is 0 Å². The molecule has 6 heteroatoms. The lowest BCUT2D eigenvalue weighted by Crippen LogP contribution is -2.30. The average molecular weight is 807 g/mol. The van der Waals surface area contributed by atoms with Crippen LogP contribution in [0.5, 0.6) is 0 Å². The van der Waals surface area contributed by atoms with Crippen molar-refractivity contribution in [1.82, 2.24) is 0 Å². The van der Waals surface area contributed by atoms with Gasteiger partial charge in [0.1, 0.15) is 13.2 Å². The van der Waals surface area contributed by atoms with E-state index in [1.165, 1.54) is 167 Å². The van der Waals surface area contributed by atoms with Crippen LogP contribution in [0, 0.1) is 11.8 Å². The Hall–Kier alpha value is -1.59. The Labute approximate surface area is 355 Å². The van der Waals surface area contributed by atoms with E-state index in [9.17, 15) is 14.4 Å². The predicted octanol–water partition coefficient (Wildman–Crippen LogP) is 16.1. The second-order valence-electron chi connectivity index (χ2n) is 18.4. The fraction of sp³-hybridized carbons (Fsp3) is 0.941. The highest BCUT2D eigenvalue weighted by atomic mass is 16.6. The summed E-state index contributed by atoms with van der Waals surface area (Å²) >= 11 is 0. The van der Waals surface area contributed by atoms with Gasteiger partial charge in [-0.3, -0.25) is 14.4 Å². The molecule has 0 aromatic heterocycles. The molecule has 0 rings (SSSR count). The van der Waals surface area contributed by atoms with E-state index in [0.717, 1.165) is 69.6 Å². The molecule has 0 aromatic rings. The van der Waals surface area contributed by atoms with Crippen LogP contribution in [0.15, 0.2) is 0 Å². The monoisotopic (exact) mass is 807 g/mol. The minimum Gasteiger partial charge on any atom is -0.462 e. The Kier molecular flexibility index (Phi) is 42.7. The van der Waals surface area contributed by atoms with Crippen LogP contribution < -0.4 is 0 Å². The molecule has 0 aliphatic rings. The van der Waals surface area contributed by atoms with E-state index in [4.69, 9.17) is 14.2 Å². The third-order valence-corrected chi connectivity index (χ3v) is 11.5. The lowest BCUT2D eigenvalue weighted by Gasteiger charge is -2.18. The third kappa shape index (κ3) is 45.3. The van der Waals surface area contributed by atoms with E-state index in [1.54, 1.807) is 0 Å². The molecule has 0 aromatic carbocycles. The average Bonchev–Trinajstić information content (AvgIpc) is 3.18. The SMILES string of the molecule is CCCCCCCCCCCCCCCC(=O)O[C@H](COC(=O)CCCCCCCCCCCCCCC(C)C)COC(=O)CCCCCCCCCCC(C)C. The predicted molar refractivity (Wildman–Crippen MR) is 243 cm³/mol. The first kappa shape index (κ1) is 55.4. The summed E-state index contributed by atoms with van der Waals surface area (Å²) in [5.74, 6) is 0.779. The van der Waals surface area contributed by atoms with E-state index < -0.39 is 6.10 Å². The van der Waals surface area contributed by atoms with Crippen molar-refractivity contribution in [3.63, 3.8) is 0 Å². The lowest BCUT2D eigenvalue weighted by atomic mass is 10.0. The largest absolute Gasteiger partial charge is 0.462 e. The summed E-state index contributed by atoms with van der Waals surface area (Å²) in [5.41, 5.74) is 0. The van der Waals surface area contributed by atoms with Gasteiger partial charge < -0.3 is 14.2 Å². The van der Waals surface area contributed by atoms with Gasteiger partial charge in [-0.25, -0.2) is 0 Å². The van der Waals surface area contributed by atoms with E-state index in [0.29, 0.717) is 19.3 Å². The number of carbonyl (C=O) groups excluding carboxylic acids is 3. The fourth-order valence-corrected chi connectivity index (χ4v) is 7.64. The van der Waals surface area contributed by atoms with Crippen molar-refractivity contribution >= 4 is 17.9 Å². The molecular weight excluding hydrogens is 709 g/mol. The van der Waals surface area contributed by atoms with Crippen LogP contribution >= 0.6 is 0 Å². The summed E-state index contributed by atoms with van der Waals surface area (Å²) < 4.78 is 16.8. The molecule has 0 radical (unpaired) electrons. The summed E-state index contributed by atoms with van der Waals surface area (Å²) in [7, 11) is 0. The lowest BCUT2D eigenvalue weighted by molar-refractivity contribution is -0.167. The summed E-state index contributed by atoms with van der Waals surface area (Å²) in [6.07, 6.45) is 43.7. The fourth-order valence-electron chi connectivity index (χ4n) is 7.64. The van der Waals surface area contributed by atoms with Gasteiger partial charge in [-0.15, -0.1) is 0 Å². The quantitative estimate of drug-likeness (QED) is 0.0346. The maximum atomic E-state index is 12.8. The topological polar surface area (TPSA) is 78.9 Å².